The van der Waals surface area contributed by atoms with Gasteiger partial charge in [-0.3, -0.25) is 4.79 Å². The fourth-order valence-corrected chi connectivity index (χ4v) is 2.79. The molecule has 0 aliphatic heterocycles. The first-order valence-electron chi connectivity index (χ1n) is 6.63. The second kappa shape index (κ2) is 6.09. The molecule has 0 unspecified atom stereocenters. The van der Waals surface area contributed by atoms with Gasteiger partial charge in [-0.05, 0) is 35.7 Å². The van der Waals surface area contributed by atoms with Crippen LogP contribution in [0.2, 0.25) is 0 Å². The van der Waals surface area contributed by atoms with E-state index >= 15 is 0 Å². The summed E-state index contributed by atoms with van der Waals surface area (Å²) >= 11 is 1.72. The largest absolute Gasteiger partial charge is 0.388 e. The van der Waals surface area contributed by atoms with Crippen molar-refractivity contribution in [3.8, 4) is 0 Å². The lowest BCUT2D eigenvalue weighted by atomic mass is 9.91. The molecule has 1 amide bonds. The standard InChI is InChI=1S/C16H20N2OS/c1-16(2,14-5-4-10-20-14)11-18-15(19)12-6-8-13(17-3)9-7-12/h4-10,17H,11H2,1-3H3,(H,18,19). The van der Waals surface area contributed by atoms with Crippen molar-refractivity contribution in [1.29, 1.82) is 0 Å². The summed E-state index contributed by atoms with van der Waals surface area (Å²) in [5.74, 6) is -0.0303. The Bertz CT molecular complexity index is 559. The maximum atomic E-state index is 12.1. The third kappa shape index (κ3) is 3.39. The molecule has 2 N–H and O–H groups in total. The summed E-state index contributed by atoms with van der Waals surface area (Å²) in [6, 6.07) is 11.6. The van der Waals surface area contributed by atoms with E-state index < -0.39 is 0 Å². The zero-order chi connectivity index (χ0) is 14.6. The molecule has 0 atom stereocenters. The molecule has 20 heavy (non-hydrogen) atoms. The number of carbonyl (C=O) groups excluding carboxylic acids is 1. The van der Waals surface area contributed by atoms with Gasteiger partial charge in [-0.2, -0.15) is 0 Å². The average Bonchev–Trinajstić information content (AvgIpc) is 3.00. The number of nitrogens with one attached hydrogen (secondary N) is 2. The van der Waals surface area contributed by atoms with Crippen LogP contribution in [0.5, 0.6) is 0 Å². The van der Waals surface area contributed by atoms with E-state index in [1.807, 2.05) is 37.4 Å². The van der Waals surface area contributed by atoms with Gasteiger partial charge < -0.3 is 10.6 Å². The van der Waals surface area contributed by atoms with Gasteiger partial charge in [0.25, 0.3) is 5.91 Å². The third-order valence-electron chi connectivity index (χ3n) is 3.31. The second-order valence-corrected chi connectivity index (χ2v) is 6.32. The first-order valence-corrected chi connectivity index (χ1v) is 7.51. The van der Waals surface area contributed by atoms with Gasteiger partial charge in [0.05, 0.1) is 0 Å². The van der Waals surface area contributed by atoms with Crippen LogP contribution in [0.25, 0.3) is 0 Å². The van der Waals surface area contributed by atoms with E-state index in [0.717, 1.165) is 5.69 Å². The first-order chi connectivity index (χ1) is 9.53. The van der Waals surface area contributed by atoms with Gasteiger partial charge in [0.15, 0.2) is 0 Å². The average molecular weight is 288 g/mol. The number of hydrogen-bond acceptors (Lipinski definition) is 3. The van der Waals surface area contributed by atoms with Gasteiger partial charge >= 0.3 is 0 Å². The van der Waals surface area contributed by atoms with Crippen LogP contribution in [0.3, 0.4) is 0 Å². The second-order valence-electron chi connectivity index (χ2n) is 5.37. The van der Waals surface area contributed by atoms with Gasteiger partial charge in [0.2, 0.25) is 0 Å². The van der Waals surface area contributed by atoms with Gasteiger partial charge in [0, 0.05) is 35.1 Å². The molecule has 106 valence electrons. The molecule has 3 nitrogen and oxygen atoms in total. The molecule has 0 fully saturated rings. The van der Waals surface area contributed by atoms with Crippen LogP contribution in [0.1, 0.15) is 29.1 Å². The number of thiophene rings is 1. The highest BCUT2D eigenvalue weighted by Gasteiger charge is 2.22. The molecule has 2 rings (SSSR count). The van der Waals surface area contributed by atoms with E-state index in [1.54, 1.807) is 11.3 Å². The molecule has 0 saturated heterocycles. The topological polar surface area (TPSA) is 41.1 Å². The van der Waals surface area contributed by atoms with E-state index in [-0.39, 0.29) is 11.3 Å². The lowest BCUT2D eigenvalue weighted by Crippen LogP contribution is -2.36. The highest BCUT2D eigenvalue weighted by Crippen LogP contribution is 2.26. The molecule has 0 saturated carbocycles. The molecule has 1 aromatic heterocycles. The summed E-state index contributed by atoms with van der Waals surface area (Å²) in [7, 11) is 1.86. The van der Waals surface area contributed by atoms with E-state index in [4.69, 9.17) is 0 Å². The van der Waals surface area contributed by atoms with Crippen LogP contribution in [-0.4, -0.2) is 19.5 Å². The maximum absolute atomic E-state index is 12.1. The third-order valence-corrected chi connectivity index (χ3v) is 4.55. The van der Waals surface area contributed by atoms with Crippen molar-refractivity contribution in [2.24, 2.45) is 0 Å². The van der Waals surface area contributed by atoms with E-state index in [1.165, 1.54) is 4.88 Å². The Morgan fingerprint density at radius 1 is 1.20 bits per heavy atom. The predicted octanol–water partition coefficient (Wildman–Crippen LogP) is 3.50. The first kappa shape index (κ1) is 14.6. The predicted molar refractivity (Wildman–Crippen MR) is 85.7 cm³/mol. The van der Waals surface area contributed by atoms with Crippen LogP contribution in [0, 0.1) is 0 Å². The van der Waals surface area contributed by atoms with Crippen molar-refractivity contribution in [3.63, 3.8) is 0 Å². The summed E-state index contributed by atoms with van der Waals surface area (Å²) in [4.78, 5) is 13.4. The van der Waals surface area contributed by atoms with E-state index in [2.05, 4.69) is 35.9 Å². The Hall–Kier alpha value is -1.81. The molecular formula is C16H20N2OS. The van der Waals surface area contributed by atoms with Gasteiger partial charge in [-0.25, -0.2) is 0 Å². The van der Waals surface area contributed by atoms with E-state index in [9.17, 15) is 4.79 Å². The molecule has 2 aromatic rings. The fraction of sp³-hybridized carbons (Fsp3) is 0.312. The highest BCUT2D eigenvalue weighted by molar-refractivity contribution is 7.10. The quantitative estimate of drug-likeness (QED) is 0.884. The molecule has 0 spiro atoms. The smallest absolute Gasteiger partial charge is 0.251 e. The number of hydrogen-bond donors (Lipinski definition) is 2. The van der Waals surface area contributed by atoms with Crippen LogP contribution in [0.15, 0.2) is 41.8 Å². The molecule has 4 heteroatoms. The Labute approximate surface area is 124 Å². The SMILES string of the molecule is CNc1ccc(C(=O)NCC(C)(C)c2cccs2)cc1. The Morgan fingerprint density at radius 2 is 1.90 bits per heavy atom. The minimum atomic E-state index is -0.0469. The minimum Gasteiger partial charge on any atom is -0.388 e. The van der Waals surface area contributed by atoms with Crippen molar-refractivity contribution in [1.82, 2.24) is 5.32 Å². The zero-order valence-corrected chi connectivity index (χ0v) is 12.9. The Balaban J connectivity index is 1.98. The van der Waals surface area contributed by atoms with Gasteiger partial charge in [0.1, 0.15) is 0 Å². The monoisotopic (exact) mass is 288 g/mol. The molecular weight excluding hydrogens is 268 g/mol. The lowest BCUT2D eigenvalue weighted by molar-refractivity contribution is 0.0946. The highest BCUT2D eigenvalue weighted by atomic mass is 32.1. The van der Waals surface area contributed by atoms with Crippen LogP contribution >= 0.6 is 11.3 Å². The van der Waals surface area contributed by atoms with Gasteiger partial charge in [-0.15, -0.1) is 11.3 Å². The fourth-order valence-electron chi connectivity index (χ4n) is 1.94. The lowest BCUT2D eigenvalue weighted by Gasteiger charge is -2.23. The number of carbonyl (C=O) groups is 1. The Kier molecular flexibility index (Phi) is 4.45. The molecule has 0 aliphatic carbocycles. The zero-order valence-electron chi connectivity index (χ0n) is 12.1. The summed E-state index contributed by atoms with van der Waals surface area (Å²) in [6.45, 7) is 4.91. The van der Waals surface area contributed by atoms with Crippen molar-refractivity contribution < 1.29 is 4.79 Å². The van der Waals surface area contributed by atoms with Crippen LogP contribution in [-0.2, 0) is 5.41 Å². The van der Waals surface area contributed by atoms with Crippen molar-refractivity contribution in [3.05, 3.63) is 52.2 Å². The normalized spacial score (nSPS) is 11.2. The molecule has 0 radical (unpaired) electrons. The molecule has 1 heterocycles. The number of anilines is 1. The van der Waals surface area contributed by atoms with Crippen molar-refractivity contribution in [2.45, 2.75) is 19.3 Å². The van der Waals surface area contributed by atoms with Crippen LogP contribution < -0.4 is 10.6 Å². The summed E-state index contributed by atoms with van der Waals surface area (Å²) in [5, 5.41) is 8.11. The Morgan fingerprint density at radius 3 is 2.45 bits per heavy atom. The maximum Gasteiger partial charge on any atom is 0.251 e. The summed E-state index contributed by atoms with van der Waals surface area (Å²) in [6.07, 6.45) is 0. The summed E-state index contributed by atoms with van der Waals surface area (Å²) < 4.78 is 0. The van der Waals surface area contributed by atoms with E-state index in [0.29, 0.717) is 12.1 Å². The molecule has 0 bridgehead atoms. The summed E-state index contributed by atoms with van der Waals surface area (Å²) in [5.41, 5.74) is 1.64. The van der Waals surface area contributed by atoms with Gasteiger partial charge in [-0.1, -0.05) is 19.9 Å². The number of rotatable bonds is 5. The van der Waals surface area contributed by atoms with Crippen molar-refractivity contribution >= 4 is 22.9 Å². The minimum absolute atomic E-state index is 0.0303. The van der Waals surface area contributed by atoms with Crippen molar-refractivity contribution in [2.75, 3.05) is 18.9 Å². The number of amides is 1. The number of benzene rings is 1. The van der Waals surface area contributed by atoms with Crippen LogP contribution in [0.4, 0.5) is 5.69 Å². The molecule has 0 aliphatic rings. The molecule has 1 aromatic carbocycles.